The first-order valence-corrected chi connectivity index (χ1v) is 6.37. The molecule has 0 atom stereocenters. The lowest BCUT2D eigenvalue weighted by Gasteiger charge is -2.13. The zero-order valence-corrected chi connectivity index (χ0v) is 10.6. The van der Waals surface area contributed by atoms with E-state index in [-0.39, 0.29) is 18.3 Å². The average Bonchev–Trinajstić information content (AvgIpc) is 2.84. The van der Waals surface area contributed by atoms with Gasteiger partial charge in [0.2, 0.25) is 0 Å². The molecule has 0 aliphatic heterocycles. The van der Waals surface area contributed by atoms with E-state index in [9.17, 15) is 9.90 Å². The quantitative estimate of drug-likeness (QED) is 0.859. The molecule has 1 aliphatic rings. The predicted molar refractivity (Wildman–Crippen MR) is 68.7 cm³/mol. The van der Waals surface area contributed by atoms with E-state index in [0.717, 1.165) is 12.8 Å². The maximum absolute atomic E-state index is 11.7. The van der Waals surface area contributed by atoms with Crippen LogP contribution in [-0.4, -0.2) is 23.7 Å². The highest BCUT2D eigenvalue weighted by Gasteiger charge is 2.17. The molecule has 2 rings (SSSR count). The molecular formula is C14H19NO3. The Balaban J connectivity index is 1.83. The minimum absolute atomic E-state index is 0.000787. The molecule has 1 amide bonds. The van der Waals surface area contributed by atoms with Gasteiger partial charge >= 0.3 is 0 Å². The Morgan fingerprint density at radius 1 is 1.44 bits per heavy atom. The molecule has 98 valence electrons. The average molecular weight is 249 g/mol. The van der Waals surface area contributed by atoms with Gasteiger partial charge < -0.3 is 15.2 Å². The summed E-state index contributed by atoms with van der Waals surface area (Å²) in [5.74, 6) is 0.643. The third kappa shape index (κ3) is 3.15. The fraction of sp³-hybridized carbons (Fsp3) is 0.500. The smallest absolute Gasteiger partial charge is 0.258 e. The SMILES string of the molecule is Cc1c(O)cccc1OCC(=O)NC1CCCC1. The van der Waals surface area contributed by atoms with Gasteiger partial charge in [-0.3, -0.25) is 4.79 Å². The van der Waals surface area contributed by atoms with Crippen molar-refractivity contribution in [2.45, 2.75) is 38.6 Å². The van der Waals surface area contributed by atoms with E-state index in [4.69, 9.17) is 4.74 Å². The Morgan fingerprint density at radius 2 is 2.17 bits per heavy atom. The molecule has 0 unspecified atom stereocenters. The molecule has 0 radical (unpaired) electrons. The molecule has 4 heteroatoms. The lowest BCUT2D eigenvalue weighted by Crippen LogP contribution is -2.36. The number of rotatable bonds is 4. The maximum atomic E-state index is 11.7. The zero-order chi connectivity index (χ0) is 13.0. The molecule has 4 nitrogen and oxygen atoms in total. The lowest BCUT2D eigenvalue weighted by molar-refractivity contribution is -0.123. The minimum Gasteiger partial charge on any atom is -0.508 e. The summed E-state index contributed by atoms with van der Waals surface area (Å²) in [5, 5.41) is 12.5. The van der Waals surface area contributed by atoms with Crippen LogP contribution in [0.15, 0.2) is 18.2 Å². The monoisotopic (exact) mass is 249 g/mol. The summed E-state index contributed by atoms with van der Waals surface area (Å²) >= 11 is 0. The number of nitrogens with one attached hydrogen (secondary N) is 1. The van der Waals surface area contributed by atoms with E-state index in [1.54, 1.807) is 25.1 Å². The van der Waals surface area contributed by atoms with Crippen LogP contribution in [0.1, 0.15) is 31.2 Å². The zero-order valence-electron chi connectivity index (χ0n) is 10.6. The second kappa shape index (κ2) is 5.76. The number of phenolic OH excluding ortho intramolecular Hbond substituents is 1. The fourth-order valence-electron chi connectivity index (χ4n) is 2.24. The highest BCUT2D eigenvalue weighted by atomic mass is 16.5. The van der Waals surface area contributed by atoms with Gasteiger partial charge in [0.25, 0.3) is 5.91 Å². The van der Waals surface area contributed by atoms with E-state index in [2.05, 4.69) is 5.32 Å². The first-order valence-electron chi connectivity index (χ1n) is 6.37. The molecule has 1 aromatic rings. The summed E-state index contributed by atoms with van der Waals surface area (Å²) < 4.78 is 5.42. The van der Waals surface area contributed by atoms with Crippen LogP contribution in [0.3, 0.4) is 0 Å². The van der Waals surface area contributed by atoms with Crippen molar-refractivity contribution in [3.05, 3.63) is 23.8 Å². The molecule has 2 N–H and O–H groups in total. The van der Waals surface area contributed by atoms with Crippen LogP contribution in [0.25, 0.3) is 0 Å². The van der Waals surface area contributed by atoms with Crippen LogP contribution in [0.4, 0.5) is 0 Å². The number of ether oxygens (including phenoxy) is 1. The number of benzene rings is 1. The summed E-state index contributed by atoms with van der Waals surface area (Å²) in [6.45, 7) is 1.76. The molecule has 0 saturated heterocycles. The topological polar surface area (TPSA) is 58.6 Å². The van der Waals surface area contributed by atoms with E-state index < -0.39 is 0 Å². The largest absolute Gasteiger partial charge is 0.508 e. The Hall–Kier alpha value is -1.71. The van der Waals surface area contributed by atoms with Crippen molar-refractivity contribution >= 4 is 5.91 Å². The number of hydrogen-bond acceptors (Lipinski definition) is 3. The van der Waals surface area contributed by atoms with Gasteiger partial charge in [-0.25, -0.2) is 0 Å². The minimum atomic E-state index is -0.0929. The van der Waals surface area contributed by atoms with E-state index >= 15 is 0 Å². The molecule has 0 bridgehead atoms. The molecule has 18 heavy (non-hydrogen) atoms. The van der Waals surface area contributed by atoms with Crippen molar-refractivity contribution < 1.29 is 14.6 Å². The van der Waals surface area contributed by atoms with Crippen LogP contribution in [0.2, 0.25) is 0 Å². The van der Waals surface area contributed by atoms with E-state index in [1.807, 2.05) is 0 Å². The van der Waals surface area contributed by atoms with Crippen molar-refractivity contribution in [3.8, 4) is 11.5 Å². The first-order chi connectivity index (χ1) is 8.66. The van der Waals surface area contributed by atoms with Crippen LogP contribution >= 0.6 is 0 Å². The molecule has 0 heterocycles. The number of aromatic hydroxyl groups is 1. The third-order valence-corrected chi connectivity index (χ3v) is 3.33. The number of hydrogen-bond donors (Lipinski definition) is 2. The second-order valence-corrected chi connectivity index (χ2v) is 4.74. The van der Waals surface area contributed by atoms with Crippen LogP contribution in [0.5, 0.6) is 11.5 Å². The number of carbonyl (C=O) groups is 1. The molecule has 1 fully saturated rings. The molecule has 1 saturated carbocycles. The standard InChI is InChI=1S/C14H19NO3/c1-10-12(16)7-4-8-13(10)18-9-14(17)15-11-5-2-3-6-11/h4,7-8,11,16H,2-3,5-6,9H2,1H3,(H,15,17). The summed E-state index contributed by atoms with van der Waals surface area (Å²) in [4.78, 5) is 11.7. The lowest BCUT2D eigenvalue weighted by atomic mass is 10.2. The molecule has 0 aromatic heterocycles. The van der Waals surface area contributed by atoms with Gasteiger partial charge in [0.05, 0.1) is 0 Å². The van der Waals surface area contributed by atoms with Crippen molar-refractivity contribution in [3.63, 3.8) is 0 Å². The first kappa shape index (κ1) is 12.7. The number of phenols is 1. The highest BCUT2D eigenvalue weighted by Crippen LogP contribution is 2.25. The summed E-state index contributed by atoms with van der Waals surface area (Å²) in [5.41, 5.74) is 0.658. The maximum Gasteiger partial charge on any atom is 0.258 e. The fourth-order valence-corrected chi connectivity index (χ4v) is 2.24. The van der Waals surface area contributed by atoms with E-state index in [0.29, 0.717) is 17.4 Å². The molecule has 1 aromatic carbocycles. The normalized spacial score (nSPS) is 15.6. The third-order valence-electron chi connectivity index (χ3n) is 3.33. The summed E-state index contributed by atoms with van der Waals surface area (Å²) in [6, 6.07) is 5.36. The van der Waals surface area contributed by atoms with Gasteiger partial charge in [0, 0.05) is 11.6 Å². The van der Waals surface area contributed by atoms with E-state index in [1.165, 1.54) is 12.8 Å². The van der Waals surface area contributed by atoms with Crippen molar-refractivity contribution in [1.29, 1.82) is 0 Å². The highest BCUT2D eigenvalue weighted by molar-refractivity contribution is 5.77. The number of carbonyl (C=O) groups excluding carboxylic acids is 1. The van der Waals surface area contributed by atoms with Gasteiger partial charge in [0.15, 0.2) is 6.61 Å². The van der Waals surface area contributed by atoms with Crippen molar-refractivity contribution in [2.24, 2.45) is 0 Å². The van der Waals surface area contributed by atoms with Crippen LogP contribution in [0, 0.1) is 6.92 Å². The van der Waals surface area contributed by atoms with Gasteiger partial charge in [-0.1, -0.05) is 18.9 Å². The van der Waals surface area contributed by atoms with Crippen molar-refractivity contribution in [1.82, 2.24) is 5.32 Å². The van der Waals surface area contributed by atoms with Gasteiger partial charge in [-0.15, -0.1) is 0 Å². The molecule has 0 spiro atoms. The van der Waals surface area contributed by atoms with Gasteiger partial charge in [-0.05, 0) is 31.9 Å². The van der Waals surface area contributed by atoms with Crippen LogP contribution < -0.4 is 10.1 Å². The molecular weight excluding hydrogens is 230 g/mol. The van der Waals surface area contributed by atoms with Gasteiger partial charge in [0.1, 0.15) is 11.5 Å². The van der Waals surface area contributed by atoms with Gasteiger partial charge in [-0.2, -0.15) is 0 Å². The second-order valence-electron chi connectivity index (χ2n) is 4.74. The Labute approximate surface area is 107 Å². The Bertz CT molecular complexity index is 425. The predicted octanol–water partition coefficient (Wildman–Crippen LogP) is 2.14. The summed E-state index contributed by atoms with van der Waals surface area (Å²) in [7, 11) is 0. The summed E-state index contributed by atoms with van der Waals surface area (Å²) in [6.07, 6.45) is 4.52. The Morgan fingerprint density at radius 3 is 2.89 bits per heavy atom. The Kier molecular flexibility index (Phi) is 4.07. The number of amides is 1. The van der Waals surface area contributed by atoms with Crippen LogP contribution in [-0.2, 0) is 4.79 Å². The van der Waals surface area contributed by atoms with Crippen molar-refractivity contribution in [2.75, 3.05) is 6.61 Å². The molecule has 1 aliphatic carbocycles.